The molecule has 4 rings (SSSR count). The highest BCUT2D eigenvalue weighted by atomic mass is 79.9. The van der Waals surface area contributed by atoms with Crippen molar-refractivity contribution in [2.45, 2.75) is 27.0 Å². The van der Waals surface area contributed by atoms with Gasteiger partial charge in [0.1, 0.15) is 23.9 Å². The predicted octanol–water partition coefficient (Wildman–Crippen LogP) is 5.87. The van der Waals surface area contributed by atoms with Gasteiger partial charge >= 0.3 is 0 Å². The van der Waals surface area contributed by atoms with Crippen LogP contribution in [0.2, 0.25) is 0 Å². The van der Waals surface area contributed by atoms with Gasteiger partial charge in [0.15, 0.2) is 5.76 Å². The van der Waals surface area contributed by atoms with E-state index < -0.39 is 0 Å². The Labute approximate surface area is 193 Å². The van der Waals surface area contributed by atoms with E-state index in [9.17, 15) is 9.18 Å². The first-order valence-electron chi connectivity index (χ1n) is 9.96. The zero-order valence-corrected chi connectivity index (χ0v) is 19.1. The number of nitrogens with zero attached hydrogens (tertiary/aromatic N) is 2. The summed E-state index contributed by atoms with van der Waals surface area (Å²) in [5.41, 5.74) is 2.83. The Morgan fingerprint density at radius 2 is 1.94 bits per heavy atom. The molecule has 1 N–H and O–H groups in total. The third kappa shape index (κ3) is 5.08. The van der Waals surface area contributed by atoms with Crippen LogP contribution in [-0.4, -0.2) is 15.7 Å². The molecule has 6 nitrogen and oxygen atoms in total. The molecule has 2 aromatic heterocycles. The van der Waals surface area contributed by atoms with E-state index in [1.165, 1.54) is 12.1 Å². The lowest BCUT2D eigenvalue weighted by atomic mass is 10.2. The summed E-state index contributed by atoms with van der Waals surface area (Å²) in [6, 6.07) is 17.1. The van der Waals surface area contributed by atoms with Gasteiger partial charge in [-0.05, 0) is 67.9 Å². The number of carbonyl (C=O) groups excluding carboxylic acids is 1. The largest absolute Gasteiger partial charge is 0.486 e. The Kier molecular flexibility index (Phi) is 6.41. The summed E-state index contributed by atoms with van der Waals surface area (Å²) in [5, 5.41) is 7.35. The number of furan rings is 1. The minimum absolute atomic E-state index is 0.177. The van der Waals surface area contributed by atoms with Crippen LogP contribution in [0.1, 0.15) is 33.3 Å². The monoisotopic (exact) mass is 497 g/mol. The molecule has 164 valence electrons. The Morgan fingerprint density at radius 3 is 2.69 bits per heavy atom. The minimum atomic E-state index is -0.378. The predicted molar refractivity (Wildman–Crippen MR) is 122 cm³/mol. The van der Waals surface area contributed by atoms with Gasteiger partial charge in [0.25, 0.3) is 5.91 Å². The normalized spacial score (nSPS) is 10.9. The van der Waals surface area contributed by atoms with Crippen molar-refractivity contribution in [2.75, 3.05) is 5.32 Å². The van der Waals surface area contributed by atoms with Crippen molar-refractivity contribution in [1.82, 2.24) is 9.78 Å². The average Bonchev–Trinajstić information content (AvgIpc) is 3.34. The van der Waals surface area contributed by atoms with Crippen LogP contribution in [0.25, 0.3) is 0 Å². The van der Waals surface area contributed by atoms with Gasteiger partial charge in [-0.15, -0.1) is 0 Å². The summed E-state index contributed by atoms with van der Waals surface area (Å²) in [6.45, 7) is 4.27. The smallest absolute Gasteiger partial charge is 0.291 e. The third-order valence-electron chi connectivity index (χ3n) is 4.92. The maximum atomic E-state index is 13.5. The summed E-state index contributed by atoms with van der Waals surface area (Å²) in [7, 11) is 0. The van der Waals surface area contributed by atoms with E-state index in [4.69, 9.17) is 9.15 Å². The molecule has 0 spiro atoms. The Morgan fingerprint density at radius 1 is 1.16 bits per heavy atom. The van der Waals surface area contributed by atoms with Crippen LogP contribution in [0.5, 0.6) is 5.75 Å². The number of aromatic nitrogens is 2. The van der Waals surface area contributed by atoms with E-state index in [-0.39, 0.29) is 24.1 Å². The van der Waals surface area contributed by atoms with Crippen LogP contribution in [0.15, 0.2) is 69.6 Å². The van der Waals surface area contributed by atoms with Crippen molar-refractivity contribution in [2.24, 2.45) is 0 Å². The average molecular weight is 498 g/mol. The summed E-state index contributed by atoms with van der Waals surface area (Å²) < 4.78 is 27.5. The Hall–Kier alpha value is -3.39. The molecule has 0 aliphatic rings. The number of hydrogen-bond donors (Lipinski definition) is 1. The van der Waals surface area contributed by atoms with E-state index in [1.807, 2.05) is 44.2 Å². The number of aryl methyl sites for hydroxylation is 1. The van der Waals surface area contributed by atoms with Gasteiger partial charge in [-0.2, -0.15) is 5.10 Å². The van der Waals surface area contributed by atoms with Crippen molar-refractivity contribution < 1.29 is 18.3 Å². The van der Waals surface area contributed by atoms with Crippen molar-refractivity contribution in [3.8, 4) is 5.75 Å². The van der Waals surface area contributed by atoms with Gasteiger partial charge in [-0.25, -0.2) is 4.39 Å². The van der Waals surface area contributed by atoms with Crippen LogP contribution < -0.4 is 10.1 Å². The van der Waals surface area contributed by atoms with E-state index in [1.54, 1.807) is 22.9 Å². The van der Waals surface area contributed by atoms with Crippen LogP contribution in [0.4, 0.5) is 10.1 Å². The molecule has 32 heavy (non-hydrogen) atoms. The van der Waals surface area contributed by atoms with Crippen LogP contribution in [0.3, 0.4) is 0 Å². The number of rotatable bonds is 7. The van der Waals surface area contributed by atoms with Gasteiger partial charge < -0.3 is 14.5 Å². The first kappa shape index (κ1) is 21.8. The number of anilines is 1. The maximum Gasteiger partial charge on any atom is 0.291 e. The molecular formula is C24H21BrFN3O3. The van der Waals surface area contributed by atoms with Gasteiger partial charge in [-0.1, -0.05) is 28.1 Å². The van der Waals surface area contributed by atoms with Crippen molar-refractivity contribution in [3.63, 3.8) is 0 Å². The number of amides is 1. The zero-order chi connectivity index (χ0) is 22.7. The minimum Gasteiger partial charge on any atom is -0.486 e. The number of benzene rings is 2. The molecule has 0 bridgehead atoms. The first-order valence-corrected chi connectivity index (χ1v) is 10.8. The summed E-state index contributed by atoms with van der Waals surface area (Å²) in [5.74, 6) is 0.739. The molecule has 0 aliphatic carbocycles. The number of carbonyl (C=O) groups is 1. The molecule has 1 amide bonds. The molecule has 2 aromatic carbocycles. The lowest BCUT2D eigenvalue weighted by Crippen LogP contribution is -2.12. The van der Waals surface area contributed by atoms with Crippen LogP contribution in [-0.2, 0) is 13.2 Å². The van der Waals surface area contributed by atoms with Crippen molar-refractivity contribution >= 4 is 27.5 Å². The topological polar surface area (TPSA) is 69.3 Å². The molecular weight excluding hydrogens is 477 g/mol. The summed E-state index contributed by atoms with van der Waals surface area (Å²) in [6.07, 6.45) is 0. The van der Waals surface area contributed by atoms with Gasteiger partial charge in [-0.3, -0.25) is 9.48 Å². The van der Waals surface area contributed by atoms with E-state index >= 15 is 0 Å². The summed E-state index contributed by atoms with van der Waals surface area (Å²) >= 11 is 3.38. The number of halogens is 2. The molecule has 0 aliphatic heterocycles. The Bertz CT molecular complexity index is 1250. The molecule has 0 unspecified atom stereocenters. The van der Waals surface area contributed by atoms with E-state index in [0.717, 1.165) is 15.7 Å². The maximum absolute atomic E-state index is 13.5. The van der Waals surface area contributed by atoms with E-state index in [2.05, 4.69) is 26.3 Å². The van der Waals surface area contributed by atoms with Gasteiger partial charge in [0.05, 0.1) is 23.6 Å². The Balaban J connectivity index is 1.41. The summed E-state index contributed by atoms with van der Waals surface area (Å²) in [4.78, 5) is 12.7. The van der Waals surface area contributed by atoms with Crippen molar-refractivity contribution in [3.05, 3.63) is 99.4 Å². The number of nitrogens with one attached hydrogen (secondary N) is 1. The number of ether oxygens (including phenoxy) is 1. The highest BCUT2D eigenvalue weighted by Gasteiger charge is 2.18. The molecule has 0 saturated carbocycles. The SMILES string of the molecule is Cc1nn(Cc2cccc(F)c2)c(C)c1NC(=O)c1ccc(COc2ccc(Br)cc2)o1. The molecule has 0 radical (unpaired) electrons. The van der Waals surface area contributed by atoms with Gasteiger partial charge in [0, 0.05) is 4.47 Å². The third-order valence-corrected chi connectivity index (χ3v) is 5.45. The van der Waals surface area contributed by atoms with E-state index in [0.29, 0.717) is 29.4 Å². The fourth-order valence-electron chi connectivity index (χ4n) is 3.28. The van der Waals surface area contributed by atoms with Crippen LogP contribution in [0, 0.1) is 19.7 Å². The molecule has 8 heteroatoms. The second-order valence-electron chi connectivity index (χ2n) is 7.30. The van der Waals surface area contributed by atoms with Gasteiger partial charge in [0.2, 0.25) is 0 Å². The molecule has 4 aromatic rings. The molecule has 0 fully saturated rings. The fourth-order valence-corrected chi connectivity index (χ4v) is 3.54. The molecule has 0 atom stereocenters. The lowest BCUT2D eigenvalue weighted by molar-refractivity contribution is 0.0992. The number of hydrogen-bond acceptors (Lipinski definition) is 4. The second-order valence-corrected chi connectivity index (χ2v) is 8.21. The standard InChI is InChI=1S/C24H21BrFN3O3/c1-15-23(16(2)29(28-15)13-17-4-3-5-19(26)12-17)27-24(30)22-11-10-21(32-22)14-31-20-8-6-18(25)7-9-20/h3-12H,13-14H2,1-2H3,(H,27,30). The zero-order valence-electron chi connectivity index (χ0n) is 17.6. The highest BCUT2D eigenvalue weighted by Crippen LogP contribution is 2.23. The first-order chi connectivity index (χ1) is 15.4. The quantitative estimate of drug-likeness (QED) is 0.346. The fraction of sp³-hybridized carbons (Fsp3) is 0.167. The van der Waals surface area contributed by atoms with Crippen LogP contribution >= 0.6 is 15.9 Å². The molecule has 0 saturated heterocycles. The molecule has 2 heterocycles. The second kappa shape index (κ2) is 9.40. The highest BCUT2D eigenvalue weighted by molar-refractivity contribution is 9.10. The van der Waals surface area contributed by atoms with Crippen molar-refractivity contribution in [1.29, 1.82) is 0 Å². The lowest BCUT2D eigenvalue weighted by Gasteiger charge is -2.07.